The molecule has 0 aliphatic carbocycles. The SMILES string of the molecule is CC(C)Oc1cccc(C(N)c2ncccn2)c1. The van der Waals surface area contributed by atoms with Gasteiger partial charge in [-0.05, 0) is 37.6 Å². The number of nitrogens with two attached hydrogens (primary N) is 1. The van der Waals surface area contributed by atoms with Gasteiger partial charge >= 0.3 is 0 Å². The van der Waals surface area contributed by atoms with Gasteiger partial charge in [0.25, 0.3) is 0 Å². The van der Waals surface area contributed by atoms with Crippen molar-refractivity contribution in [1.29, 1.82) is 0 Å². The van der Waals surface area contributed by atoms with Crippen molar-refractivity contribution >= 4 is 0 Å². The molecule has 4 nitrogen and oxygen atoms in total. The average Bonchev–Trinajstić information content (AvgIpc) is 2.38. The van der Waals surface area contributed by atoms with Gasteiger partial charge in [-0.15, -0.1) is 0 Å². The lowest BCUT2D eigenvalue weighted by Crippen LogP contribution is -2.15. The van der Waals surface area contributed by atoms with E-state index in [-0.39, 0.29) is 12.1 Å². The summed E-state index contributed by atoms with van der Waals surface area (Å²) in [5.41, 5.74) is 7.08. The smallest absolute Gasteiger partial charge is 0.149 e. The van der Waals surface area contributed by atoms with Crippen LogP contribution >= 0.6 is 0 Å². The quantitative estimate of drug-likeness (QED) is 0.895. The van der Waals surface area contributed by atoms with E-state index < -0.39 is 0 Å². The molecule has 4 heteroatoms. The fourth-order valence-electron chi connectivity index (χ4n) is 1.67. The minimum atomic E-state index is -0.332. The Morgan fingerprint density at radius 2 is 1.83 bits per heavy atom. The van der Waals surface area contributed by atoms with Gasteiger partial charge in [0.05, 0.1) is 12.1 Å². The molecular formula is C14H17N3O. The zero-order chi connectivity index (χ0) is 13.0. The van der Waals surface area contributed by atoms with Crippen molar-refractivity contribution < 1.29 is 4.74 Å². The number of hydrogen-bond donors (Lipinski definition) is 1. The molecular weight excluding hydrogens is 226 g/mol. The Balaban J connectivity index is 2.23. The Morgan fingerprint density at radius 1 is 1.11 bits per heavy atom. The summed E-state index contributed by atoms with van der Waals surface area (Å²) in [5, 5.41) is 0. The van der Waals surface area contributed by atoms with Crippen LogP contribution in [0.25, 0.3) is 0 Å². The molecule has 1 heterocycles. The molecule has 0 radical (unpaired) electrons. The summed E-state index contributed by atoms with van der Waals surface area (Å²) in [7, 11) is 0. The zero-order valence-electron chi connectivity index (χ0n) is 10.6. The van der Waals surface area contributed by atoms with E-state index in [9.17, 15) is 0 Å². The monoisotopic (exact) mass is 243 g/mol. The number of ether oxygens (including phenoxy) is 1. The molecule has 0 aliphatic heterocycles. The first-order valence-electron chi connectivity index (χ1n) is 5.96. The molecule has 2 rings (SSSR count). The highest BCUT2D eigenvalue weighted by Crippen LogP contribution is 2.21. The maximum atomic E-state index is 6.14. The van der Waals surface area contributed by atoms with Crippen LogP contribution in [0.5, 0.6) is 5.75 Å². The van der Waals surface area contributed by atoms with Gasteiger partial charge in [0.1, 0.15) is 11.6 Å². The van der Waals surface area contributed by atoms with Crippen molar-refractivity contribution in [3.8, 4) is 5.75 Å². The molecule has 2 aromatic rings. The molecule has 0 amide bonds. The summed E-state index contributed by atoms with van der Waals surface area (Å²) in [6, 6.07) is 9.17. The third-order valence-corrected chi connectivity index (χ3v) is 2.45. The van der Waals surface area contributed by atoms with Crippen molar-refractivity contribution in [2.24, 2.45) is 5.73 Å². The predicted octanol–water partition coefficient (Wildman–Crippen LogP) is 2.31. The lowest BCUT2D eigenvalue weighted by Gasteiger charge is -2.14. The highest BCUT2D eigenvalue weighted by atomic mass is 16.5. The second-order valence-electron chi connectivity index (χ2n) is 4.32. The highest BCUT2D eigenvalue weighted by Gasteiger charge is 2.12. The van der Waals surface area contributed by atoms with Crippen LogP contribution in [0.2, 0.25) is 0 Å². The van der Waals surface area contributed by atoms with E-state index in [1.165, 1.54) is 0 Å². The lowest BCUT2D eigenvalue weighted by atomic mass is 10.1. The summed E-state index contributed by atoms with van der Waals surface area (Å²) >= 11 is 0. The topological polar surface area (TPSA) is 61.0 Å². The first-order valence-corrected chi connectivity index (χ1v) is 5.96. The molecule has 2 N–H and O–H groups in total. The Morgan fingerprint density at radius 3 is 2.50 bits per heavy atom. The molecule has 0 fully saturated rings. The fourth-order valence-corrected chi connectivity index (χ4v) is 1.67. The van der Waals surface area contributed by atoms with Crippen LogP contribution in [0.3, 0.4) is 0 Å². The van der Waals surface area contributed by atoms with Crippen LogP contribution in [0.15, 0.2) is 42.7 Å². The van der Waals surface area contributed by atoms with Crippen molar-refractivity contribution in [3.63, 3.8) is 0 Å². The van der Waals surface area contributed by atoms with E-state index in [1.807, 2.05) is 38.1 Å². The molecule has 0 spiro atoms. The number of benzene rings is 1. The van der Waals surface area contributed by atoms with Crippen molar-refractivity contribution in [2.45, 2.75) is 26.0 Å². The summed E-state index contributed by atoms with van der Waals surface area (Å²) < 4.78 is 5.64. The second kappa shape index (κ2) is 5.60. The van der Waals surface area contributed by atoms with Crippen LogP contribution in [-0.4, -0.2) is 16.1 Å². The van der Waals surface area contributed by atoms with Gasteiger partial charge in [-0.2, -0.15) is 0 Å². The Bertz CT molecular complexity index is 499. The van der Waals surface area contributed by atoms with Crippen molar-refractivity contribution in [1.82, 2.24) is 9.97 Å². The van der Waals surface area contributed by atoms with Crippen LogP contribution in [0, 0.1) is 0 Å². The van der Waals surface area contributed by atoms with Crippen molar-refractivity contribution in [2.75, 3.05) is 0 Å². The first-order chi connectivity index (χ1) is 8.66. The summed E-state index contributed by atoms with van der Waals surface area (Å²) in [6.07, 6.45) is 3.53. The minimum absolute atomic E-state index is 0.143. The van der Waals surface area contributed by atoms with Gasteiger partial charge in [0, 0.05) is 12.4 Å². The van der Waals surface area contributed by atoms with Gasteiger partial charge in [0.2, 0.25) is 0 Å². The Labute approximate surface area is 107 Å². The lowest BCUT2D eigenvalue weighted by molar-refractivity contribution is 0.242. The maximum absolute atomic E-state index is 6.14. The number of hydrogen-bond acceptors (Lipinski definition) is 4. The molecule has 0 saturated carbocycles. The molecule has 1 aromatic carbocycles. The molecule has 0 bridgehead atoms. The van der Waals surface area contributed by atoms with E-state index >= 15 is 0 Å². The van der Waals surface area contributed by atoms with E-state index in [4.69, 9.17) is 10.5 Å². The van der Waals surface area contributed by atoms with Gasteiger partial charge in [-0.3, -0.25) is 0 Å². The second-order valence-corrected chi connectivity index (χ2v) is 4.32. The normalized spacial score (nSPS) is 12.4. The van der Waals surface area contributed by atoms with E-state index in [0.29, 0.717) is 5.82 Å². The molecule has 18 heavy (non-hydrogen) atoms. The fraction of sp³-hybridized carbons (Fsp3) is 0.286. The molecule has 1 unspecified atom stereocenters. The number of rotatable bonds is 4. The third-order valence-electron chi connectivity index (χ3n) is 2.45. The molecule has 1 aromatic heterocycles. The van der Waals surface area contributed by atoms with Gasteiger partial charge in [-0.25, -0.2) is 9.97 Å². The van der Waals surface area contributed by atoms with Gasteiger partial charge < -0.3 is 10.5 Å². The Hall–Kier alpha value is -1.94. The largest absolute Gasteiger partial charge is 0.491 e. The van der Waals surface area contributed by atoms with E-state index in [1.54, 1.807) is 18.5 Å². The first kappa shape index (κ1) is 12.5. The average molecular weight is 243 g/mol. The van der Waals surface area contributed by atoms with Crippen LogP contribution < -0.4 is 10.5 Å². The highest BCUT2D eigenvalue weighted by molar-refractivity contribution is 5.33. The van der Waals surface area contributed by atoms with Gasteiger partial charge in [0.15, 0.2) is 0 Å². The molecule has 0 aliphatic rings. The van der Waals surface area contributed by atoms with E-state index in [0.717, 1.165) is 11.3 Å². The maximum Gasteiger partial charge on any atom is 0.149 e. The molecule has 0 saturated heterocycles. The molecule has 94 valence electrons. The van der Waals surface area contributed by atoms with Crippen molar-refractivity contribution in [3.05, 3.63) is 54.1 Å². The van der Waals surface area contributed by atoms with Crippen LogP contribution in [-0.2, 0) is 0 Å². The van der Waals surface area contributed by atoms with Crippen LogP contribution in [0.1, 0.15) is 31.3 Å². The summed E-state index contributed by atoms with van der Waals surface area (Å²) in [6.45, 7) is 3.99. The van der Waals surface area contributed by atoms with E-state index in [2.05, 4.69) is 9.97 Å². The predicted molar refractivity (Wildman–Crippen MR) is 70.3 cm³/mol. The standard InChI is InChI=1S/C14H17N3O/c1-10(2)18-12-6-3-5-11(9-12)13(15)14-16-7-4-8-17-14/h3-10,13H,15H2,1-2H3. The third kappa shape index (κ3) is 3.05. The Kier molecular flexibility index (Phi) is 3.89. The van der Waals surface area contributed by atoms with Gasteiger partial charge in [-0.1, -0.05) is 12.1 Å². The minimum Gasteiger partial charge on any atom is -0.491 e. The zero-order valence-corrected chi connectivity index (χ0v) is 10.6. The van der Waals surface area contributed by atoms with Crippen LogP contribution in [0.4, 0.5) is 0 Å². The summed E-state index contributed by atoms with van der Waals surface area (Å²) in [5.74, 6) is 1.42. The molecule has 1 atom stereocenters. The number of nitrogens with zero attached hydrogens (tertiary/aromatic N) is 2. The summed E-state index contributed by atoms with van der Waals surface area (Å²) in [4.78, 5) is 8.34. The number of aromatic nitrogens is 2.